The fourth-order valence-corrected chi connectivity index (χ4v) is 2.03. The second kappa shape index (κ2) is 5.74. The number of ether oxygens (including phenoxy) is 1. The summed E-state index contributed by atoms with van der Waals surface area (Å²) in [5.41, 5.74) is 7.11. The van der Waals surface area contributed by atoms with Gasteiger partial charge < -0.3 is 10.5 Å². The normalized spacial score (nSPS) is 14.8. The second-order valence-electron chi connectivity index (χ2n) is 5.15. The molecule has 0 bridgehead atoms. The van der Waals surface area contributed by atoms with E-state index >= 15 is 0 Å². The van der Waals surface area contributed by atoms with Crippen LogP contribution >= 0.6 is 11.6 Å². The molecule has 0 aliphatic rings. The van der Waals surface area contributed by atoms with Gasteiger partial charge in [0.1, 0.15) is 5.75 Å². The summed E-state index contributed by atoms with van der Waals surface area (Å²) in [5, 5.41) is 0.740. The van der Waals surface area contributed by atoms with Gasteiger partial charge in [-0.1, -0.05) is 32.4 Å². The van der Waals surface area contributed by atoms with Crippen LogP contribution in [0.5, 0.6) is 5.75 Å². The van der Waals surface area contributed by atoms with Crippen LogP contribution in [0.3, 0.4) is 0 Å². The first-order valence-corrected chi connectivity index (χ1v) is 6.33. The topological polar surface area (TPSA) is 35.2 Å². The Morgan fingerprint density at radius 2 is 2.06 bits per heavy atom. The Kier molecular flexibility index (Phi) is 4.84. The van der Waals surface area contributed by atoms with Crippen molar-refractivity contribution in [2.24, 2.45) is 17.1 Å². The Balaban J connectivity index is 3.04. The van der Waals surface area contributed by atoms with E-state index in [1.54, 1.807) is 7.11 Å². The summed E-state index contributed by atoms with van der Waals surface area (Å²) in [6.45, 7) is 7.26. The van der Waals surface area contributed by atoms with E-state index in [1.165, 1.54) is 0 Å². The van der Waals surface area contributed by atoms with Crippen LogP contribution in [0.25, 0.3) is 0 Å². The average molecular weight is 256 g/mol. The average Bonchev–Trinajstić information content (AvgIpc) is 2.29. The summed E-state index contributed by atoms with van der Waals surface area (Å²) in [7, 11) is 1.68. The zero-order chi connectivity index (χ0) is 13.1. The predicted molar refractivity (Wildman–Crippen MR) is 73.7 cm³/mol. The highest BCUT2D eigenvalue weighted by Gasteiger charge is 2.28. The summed E-state index contributed by atoms with van der Waals surface area (Å²) in [4.78, 5) is 0. The van der Waals surface area contributed by atoms with Gasteiger partial charge in [-0.05, 0) is 48.1 Å². The van der Waals surface area contributed by atoms with Gasteiger partial charge >= 0.3 is 0 Å². The fourth-order valence-electron chi connectivity index (χ4n) is 1.83. The van der Waals surface area contributed by atoms with E-state index in [0.29, 0.717) is 12.5 Å². The lowest BCUT2D eigenvalue weighted by Crippen LogP contribution is -2.34. The van der Waals surface area contributed by atoms with E-state index < -0.39 is 0 Å². The largest absolute Gasteiger partial charge is 0.496 e. The molecule has 0 fully saturated rings. The molecule has 0 saturated heterocycles. The van der Waals surface area contributed by atoms with Gasteiger partial charge in [0, 0.05) is 5.02 Å². The molecule has 1 aromatic rings. The van der Waals surface area contributed by atoms with Crippen LogP contribution in [-0.2, 0) is 6.42 Å². The van der Waals surface area contributed by atoms with E-state index in [-0.39, 0.29) is 5.41 Å². The Labute approximate surface area is 109 Å². The molecule has 1 atom stereocenters. The Morgan fingerprint density at radius 1 is 1.41 bits per heavy atom. The standard InChI is InChI=1S/C14H22ClNO/c1-10(2)14(3,9-16)8-11-7-12(15)5-6-13(11)17-4/h5-7,10H,8-9,16H2,1-4H3. The third kappa shape index (κ3) is 3.36. The fraction of sp³-hybridized carbons (Fsp3) is 0.571. The Bertz CT molecular complexity index is 378. The van der Waals surface area contributed by atoms with E-state index in [1.807, 2.05) is 18.2 Å². The lowest BCUT2D eigenvalue weighted by Gasteiger charge is -2.33. The lowest BCUT2D eigenvalue weighted by atomic mass is 9.74. The minimum absolute atomic E-state index is 0.0674. The van der Waals surface area contributed by atoms with Gasteiger partial charge in [-0.2, -0.15) is 0 Å². The summed E-state index contributed by atoms with van der Waals surface area (Å²) >= 11 is 6.04. The van der Waals surface area contributed by atoms with Crippen LogP contribution in [0.2, 0.25) is 5.02 Å². The third-order valence-electron chi connectivity index (χ3n) is 3.70. The molecule has 0 aliphatic heterocycles. The molecule has 0 radical (unpaired) electrons. The maximum Gasteiger partial charge on any atom is 0.122 e. The Morgan fingerprint density at radius 3 is 2.53 bits per heavy atom. The van der Waals surface area contributed by atoms with Crippen LogP contribution in [0.1, 0.15) is 26.3 Å². The zero-order valence-corrected chi connectivity index (χ0v) is 11.8. The first-order chi connectivity index (χ1) is 7.92. The number of methoxy groups -OCH3 is 1. The molecule has 0 aliphatic carbocycles. The van der Waals surface area contributed by atoms with Crippen LogP contribution in [0.15, 0.2) is 18.2 Å². The molecule has 96 valence electrons. The Hall–Kier alpha value is -0.730. The molecule has 1 rings (SSSR count). The van der Waals surface area contributed by atoms with Crippen LogP contribution in [-0.4, -0.2) is 13.7 Å². The van der Waals surface area contributed by atoms with E-state index in [4.69, 9.17) is 22.1 Å². The van der Waals surface area contributed by atoms with Gasteiger partial charge in [0.05, 0.1) is 7.11 Å². The second-order valence-corrected chi connectivity index (χ2v) is 5.58. The van der Waals surface area contributed by atoms with Gasteiger partial charge in [0.25, 0.3) is 0 Å². The van der Waals surface area contributed by atoms with Crippen molar-refractivity contribution in [1.82, 2.24) is 0 Å². The molecule has 0 saturated carbocycles. The molecular formula is C14H22ClNO. The molecule has 17 heavy (non-hydrogen) atoms. The SMILES string of the molecule is COc1ccc(Cl)cc1CC(C)(CN)C(C)C. The van der Waals surface area contributed by atoms with Crippen molar-refractivity contribution in [2.45, 2.75) is 27.2 Å². The maximum atomic E-state index is 6.04. The number of hydrogen-bond acceptors (Lipinski definition) is 2. The molecular weight excluding hydrogens is 234 g/mol. The van der Waals surface area contributed by atoms with Crippen molar-refractivity contribution >= 4 is 11.6 Å². The van der Waals surface area contributed by atoms with Crippen molar-refractivity contribution in [3.8, 4) is 5.75 Å². The molecule has 0 amide bonds. The van der Waals surface area contributed by atoms with E-state index in [9.17, 15) is 0 Å². The highest BCUT2D eigenvalue weighted by Crippen LogP contribution is 2.34. The summed E-state index contributed by atoms with van der Waals surface area (Å²) in [6.07, 6.45) is 0.880. The maximum absolute atomic E-state index is 6.04. The van der Waals surface area contributed by atoms with Gasteiger partial charge in [0.2, 0.25) is 0 Å². The number of halogens is 1. The molecule has 1 unspecified atom stereocenters. The van der Waals surface area contributed by atoms with Crippen molar-refractivity contribution in [1.29, 1.82) is 0 Å². The van der Waals surface area contributed by atoms with Crippen molar-refractivity contribution < 1.29 is 4.74 Å². The summed E-state index contributed by atoms with van der Waals surface area (Å²) in [5.74, 6) is 1.39. The monoisotopic (exact) mass is 255 g/mol. The highest BCUT2D eigenvalue weighted by atomic mass is 35.5. The quantitative estimate of drug-likeness (QED) is 0.874. The minimum atomic E-state index is 0.0674. The zero-order valence-electron chi connectivity index (χ0n) is 11.1. The first kappa shape index (κ1) is 14.3. The molecule has 0 heterocycles. The predicted octanol–water partition coefficient (Wildman–Crippen LogP) is 3.51. The summed E-state index contributed by atoms with van der Waals surface area (Å²) < 4.78 is 5.37. The minimum Gasteiger partial charge on any atom is -0.496 e. The van der Waals surface area contributed by atoms with Gasteiger partial charge in [-0.3, -0.25) is 0 Å². The first-order valence-electron chi connectivity index (χ1n) is 5.95. The smallest absolute Gasteiger partial charge is 0.122 e. The van der Waals surface area contributed by atoms with E-state index in [0.717, 1.165) is 22.8 Å². The van der Waals surface area contributed by atoms with Gasteiger partial charge in [-0.25, -0.2) is 0 Å². The molecule has 2 nitrogen and oxygen atoms in total. The number of nitrogens with two attached hydrogens (primary N) is 1. The van der Waals surface area contributed by atoms with Crippen molar-refractivity contribution in [3.05, 3.63) is 28.8 Å². The van der Waals surface area contributed by atoms with E-state index in [2.05, 4.69) is 20.8 Å². The van der Waals surface area contributed by atoms with Crippen molar-refractivity contribution in [2.75, 3.05) is 13.7 Å². The van der Waals surface area contributed by atoms with Crippen LogP contribution in [0, 0.1) is 11.3 Å². The molecule has 1 aromatic carbocycles. The lowest BCUT2D eigenvalue weighted by molar-refractivity contribution is 0.225. The van der Waals surface area contributed by atoms with Gasteiger partial charge in [-0.15, -0.1) is 0 Å². The highest BCUT2D eigenvalue weighted by molar-refractivity contribution is 6.30. The van der Waals surface area contributed by atoms with Gasteiger partial charge in [0.15, 0.2) is 0 Å². The summed E-state index contributed by atoms with van der Waals surface area (Å²) in [6, 6.07) is 5.73. The molecule has 3 heteroatoms. The molecule has 0 spiro atoms. The number of rotatable bonds is 5. The molecule has 2 N–H and O–H groups in total. The van der Waals surface area contributed by atoms with Crippen LogP contribution < -0.4 is 10.5 Å². The number of hydrogen-bond donors (Lipinski definition) is 1. The third-order valence-corrected chi connectivity index (χ3v) is 3.93. The van der Waals surface area contributed by atoms with Crippen molar-refractivity contribution in [3.63, 3.8) is 0 Å². The van der Waals surface area contributed by atoms with Crippen LogP contribution in [0.4, 0.5) is 0 Å². The molecule has 0 aromatic heterocycles. The number of benzene rings is 1.